The van der Waals surface area contributed by atoms with Gasteiger partial charge in [-0.05, 0) is 40.3 Å². The number of aldehydes is 1. The van der Waals surface area contributed by atoms with Crippen LogP contribution in [-0.2, 0) is 6.61 Å². The van der Waals surface area contributed by atoms with Gasteiger partial charge in [0, 0.05) is 5.56 Å². The average Bonchev–Trinajstić information content (AvgIpc) is 2.49. The molecule has 0 bridgehead atoms. The maximum absolute atomic E-state index is 10.3. The Labute approximate surface area is 126 Å². The molecule has 3 nitrogen and oxygen atoms in total. The van der Waals surface area contributed by atoms with Crippen molar-refractivity contribution >= 4 is 28.9 Å². The summed E-state index contributed by atoms with van der Waals surface area (Å²) in [4.78, 5) is 10.3. The molecule has 0 radical (unpaired) electrons. The van der Waals surface area contributed by atoms with Crippen LogP contribution in [0.4, 0.5) is 0 Å². The summed E-state index contributed by atoms with van der Waals surface area (Å²) < 4.78 is 6.03. The van der Waals surface area contributed by atoms with Crippen LogP contribution in [0.5, 0.6) is 5.75 Å². The van der Waals surface area contributed by atoms with Gasteiger partial charge in [0.15, 0.2) is 0 Å². The highest BCUT2D eigenvalue weighted by atomic mass is 127. The van der Waals surface area contributed by atoms with Crippen molar-refractivity contribution in [2.24, 2.45) is 0 Å². The normalized spacial score (nSPS) is 9.21. The van der Waals surface area contributed by atoms with E-state index in [2.05, 4.69) is 22.6 Å². The lowest BCUT2D eigenvalue weighted by atomic mass is 10.2. The van der Waals surface area contributed by atoms with Gasteiger partial charge in [-0.2, -0.15) is 0 Å². The molecule has 0 fully saturated rings. The third-order valence-corrected chi connectivity index (χ3v) is 3.23. The van der Waals surface area contributed by atoms with Crippen LogP contribution in [0.3, 0.4) is 0 Å². The van der Waals surface area contributed by atoms with E-state index in [1.165, 1.54) is 0 Å². The largest absolute Gasteiger partial charge is 0.496 e. The lowest BCUT2D eigenvalue weighted by Gasteiger charge is -2.01. The molecule has 0 aliphatic carbocycles. The number of methoxy groups -OCH3 is 1. The van der Waals surface area contributed by atoms with Gasteiger partial charge in [0.05, 0.1) is 17.3 Å². The predicted octanol–water partition coefficient (Wildman–Crippen LogP) is 3.29. The zero-order valence-corrected chi connectivity index (χ0v) is 12.7. The first-order valence-electron chi connectivity index (χ1n) is 5.64. The molecule has 0 aromatic heterocycles. The predicted molar refractivity (Wildman–Crippen MR) is 83.5 cm³/mol. The van der Waals surface area contributed by atoms with E-state index in [0.717, 1.165) is 21.2 Å². The van der Waals surface area contributed by atoms with Gasteiger partial charge in [-0.25, -0.2) is 0 Å². The Morgan fingerprint density at radius 3 is 2.37 bits per heavy atom. The molecular weight excluding hydrogens is 355 g/mol. The minimum atomic E-state index is 0.140. The SMILES string of the molecule is COc1cc(C=O)ccc1I.OCc1ccccc1. The Kier molecular flexibility index (Phi) is 7.14. The third kappa shape index (κ3) is 5.40. The molecule has 0 aliphatic heterocycles. The summed E-state index contributed by atoms with van der Waals surface area (Å²) in [5, 5.41) is 8.54. The molecular formula is C15H15IO3. The second-order valence-corrected chi connectivity index (χ2v) is 4.82. The Balaban J connectivity index is 0.000000200. The number of aliphatic hydroxyl groups is 1. The molecule has 0 saturated heterocycles. The standard InChI is InChI=1S/C8H7IO2.C7H8O/c1-11-8-4-6(5-10)2-3-7(8)9;8-6-7-4-2-1-3-5-7/h2-5H,1H3;1-5,8H,6H2. The van der Waals surface area contributed by atoms with Crippen molar-refractivity contribution < 1.29 is 14.6 Å². The first kappa shape index (κ1) is 15.7. The molecule has 0 atom stereocenters. The van der Waals surface area contributed by atoms with Gasteiger partial charge < -0.3 is 9.84 Å². The smallest absolute Gasteiger partial charge is 0.150 e. The lowest BCUT2D eigenvalue weighted by molar-refractivity contribution is 0.112. The molecule has 2 aromatic carbocycles. The summed E-state index contributed by atoms with van der Waals surface area (Å²) in [6, 6.07) is 14.9. The fourth-order valence-electron chi connectivity index (χ4n) is 1.33. The summed E-state index contributed by atoms with van der Waals surface area (Å²) in [6.45, 7) is 0.140. The number of benzene rings is 2. The maximum Gasteiger partial charge on any atom is 0.150 e. The van der Waals surface area contributed by atoms with Crippen LogP contribution in [-0.4, -0.2) is 18.5 Å². The average molecular weight is 370 g/mol. The molecule has 0 unspecified atom stereocenters. The van der Waals surface area contributed by atoms with Crippen molar-refractivity contribution in [1.82, 2.24) is 0 Å². The van der Waals surface area contributed by atoms with Crippen LogP contribution in [0.2, 0.25) is 0 Å². The molecule has 0 heterocycles. The zero-order chi connectivity index (χ0) is 14.1. The molecule has 0 amide bonds. The van der Waals surface area contributed by atoms with Crippen LogP contribution in [0.25, 0.3) is 0 Å². The van der Waals surface area contributed by atoms with Crippen molar-refractivity contribution in [3.63, 3.8) is 0 Å². The summed E-state index contributed by atoms with van der Waals surface area (Å²) in [7, 11) is 1.59. The fraction of sp³-hybridized carbons (Fsp3) is 0.133. The Morgan fingerprint density at radius 1 is 1.21 bits per heavy atom. The van der Waals surface area contributed by atoms with Gasteiger partial charge in [-0.15, -0.1) is 0 Å². The number of carbonyl (C=O) groups excluding carboxylic acids is 1. The van der Waals surface area contributed by atoms with Crippen molar-refractivity contribution in [3.8, 4) is 5.75 Å². The molecule has 19 heavy (non-hydrogen) atoms. The Morgan fingerprint density at radius 2 is 1.89 bits per heavy atom. The molecule has 100 valence electrons. The minimum Gasteiger partial charge on any atom is -0.496 e. The summed E-state index contributed by atoms with van der Waals surface area (Å²) >= 11 is 2.15. The molecule has 1 N–H and O–H groups in total. The van der Waals surface area contributed by atoms with Crippen LogP contribution < -0.4 is 4.74 Å². The number of halogens is 1. The summed E-state index contributed by atoms with van der Waals surface area (Å²) in [5.74, 6) is 0.746. The number of carbonyl (C=O) groups is 1. The number of aliphatic hydroxyl groups excluding tert-OH is 1. The van der Waals surface area contributed by atoms with Crippen molar-refractivity contribution in [1.29, 1.82) is 0 Å². The van der Waals surface area contributed by atoms with Crippen LogP contribution in [0, 0.1) is 3.57 Å². The Hall–Kier alpha value is -1.40. The third-order valence-electron chi connectivity index (χ3n) is 2.34. The molecule has 0 saturated carbocycles. The van der Waals surface area contributed by atoms with E-state index in [0.29, 0.717) is 5.56 Å². The monoisotopic (exact) mass is 370 g/mol. The highest BCUT2D eigenvalue weighted by Crippen LogP contribution is 2.20. The van der Waals surface area contributed by atoms with Crippen LogP contribution >= 0.6 is 22.6 Å². The van der Waals surface area contributed by atoms with Crippen LogP contribution in [0.15, 0.2) is 48.5 Å². The van der Waals surface area contributed by atoms with Crippen molar-refractivity contribution in [3.05, 3.63) is 63.2 Å². The van der Waals surface area contributed by atoms with E-state index in [-0.39, 0.29) is 6.61 Å². The van der Waals surface area contributed by atoms with Gasteiger partial charge in [0.2, 0.25) is 0 Å². The zero-order valence-electron chi connectivity index (χ0n) is 10.5. The van der Waals surface area contributed by atoms with Gasteiger partial charge in [0.25, 0.3) is 0 Å². The van der Waals surface area contributed by atoms with Crippen molar-refractivity contribution in [2.75, 3.05) is 7.11 Å². The Bertz CT molecular complexity index is 512. The maximum atomic E-state index is 10.3. The number of hydrogen-bond donors (Lipinski definition) is 1. The highest BCUT2D eigenvalue weighted by molar-refractivity contribution is 14.1. The van der Waals surface area contributed by atoms with Crippen molar-refractivity contribution in [2.45, 2.75) is 6.61 Å². The topological polar surface area (TPSA) is 46.5 Å². The number of rotatable bonds is 3. The lowest BCUT2D eigenvalue weighted by Crippen LogP contribution is -1.88. The quantitative estimate of drug-likeness (QED) is 0.666. The van der Waals surface area contributed by atoms with Gasteiger partial charge in [0.1, 0.15) is 12.0 Å². The number of hydrogen-bond acceptors (Lipinski definition) is 3. The van der Waals surface area contributed by atoms with Gasteiger partial charge >= 0.3 is 0 Å². The van der Waals surface area contributed by atoms with E-state index in [4.69, 9.17) is 9.84 Å². The van der Waals surface area contributed by atoms with E-state index >= 15 is 0 Å². The van der Waals surface area contributed by atoms with E-state index in [1.807, 2.05) is 36.4 Å². The van der Waals surface area contributed by atoms with Gasteiger partial charge in [-0.1, -0.05) is 36.4 Å². The molecule has 2 aromatic rings. The molecule has 0 spiro atoms. The first-order chi connectivity index (χ1) is 9.21. The highest BCUT2D eigenvalue weighted by Gasteiger charge is 1.99. The van der Waals surface area contributed by atoms with Crippen LogP contribution in [0.1, 0.15) is 15.9 Å². The molecule has 0 aliphatic rings. The van der Waals surface area contributed by atoms with E-state index in [9.17, 15) is 4.79 Å². The molecule has 4 heteroatoms. The summed E-state index contributed by atoms with van der Waals surface area (Å²) in [5.41, 5.74) is 1.61. The number of ether oxygens (including phenoxy) is 1. The molecule has 2 rings (SSSR count). The summed E-state index contributed by atoms with van der Waals surface area (Å²) in [6.07, 6.45) is 0.804. The fourth-order valence-corrected chi connectivity index (χ4v) is 1.89. The second kappa shape index (κ2) is 8.66. The van der Waals surface area contributed by atoms with Gasteiger partial charge in [-0.3, -0.25) is 4.79 Å². The van der Waals surface area contributed by atoms with E-state index < -0.39 is 0 Å². The minimum absolute atomic E-state index is 0.140. The first-order valence-corrected chi connectivity index (χ1v) is 6.72. The van der Waals surface area contributed by atoms with E-state index in [1.54, 1.807) is 19.2 Å². The second-order valence-electron chi connectivity index (χ2n) is 3.66.